The average Bonchev–Trinajstić information content (AvgIpc) is 2.25. The normalized spacial score (nSPS) is 12.6. The van der Waals surface area contributed by atoms with Crippen molar-refractivity contribution in [3.63, 3.8) is 0 Å². The fraction of sp³-hybridized carbons (Fsp3) is 0.500. The topological polar surface area (TPSA) is 0 Å². The van der Waals surface area contributed by atoms with Gasteiger partial charge in [0.25, 0.3) is 0 Å². The minimum absolute atomic E-state index is 0.602. The molecule has 0 aliphatic rings. The van der Waals surface area contributed by atoms with E-state index >= 15 is 0 Å². The fourth-order valence-corrected chi connectivity index (χ4v) is 1.97. The summed E-state index contributed by atoms with van der Waals surface area (Å²) in [6.45, 7) is 11.2. The molecule has 0 unspecified atom stereocenters. The van der Waals surface area contributed by atoms with Crippen molar-refractivity contribution in [3.05, 3.63) is 41.5 Å². The van der Waals surface area contributed by atoms with E-state index in [0.717, 1.165) is 6.42 Å². The highest BCUT2D eigenvalue weighted by atomic mass is 14.1. The summed E-state index contributed by atoms with van der Waals surface area (Å²) in [7, 11) is 0. The van der Waals surface area contributed by atoms with E-state index in [4.69, 9.17) is 0 Å². The zero-order valence-electron chi connectivity index (χ0n) is 11.2. The second-order valence-corrected chi connectivity index (χ2v) is 5.00. The lowest BCUT2D eigenvalue weighted by atomic mass is 9.92. The van der Waals surface area contributed by atoms with Crippen LogP contribution < -0.4 is 0 Å². The largest absolute Gasteiger partial charge is 0.0807 e. The first-order valence-electron chi connectivity index (χ1n) is 6.36. The molecule has 1 aromatic carbocycles. The van der Waals surface area contributed by atoms with Crippen molar-refractivity contribution in [2.45, 2.75) is 47.0 Å². The van der Waals surface area contributed by atoms with E-state index in [0.29, 0.717) is 11.8 Å². The third-order valence-electron chi connectivity index (χ3n) is 2.96. The van der Waals surface area contributed by atoms with Gasteiger partial charge in [-0.2, -0.15) is 0 Å². The molecule has 1 rings (SSSR count). The molecule has 0 atom stereocenters. The van der Waals surface area contributed by atoms with E-state index in [1.54, 1.807) is 0 Å². The van der Waals surface area contributed by atoms with Gasteiger partial charge in [-0.25, -0.2) is 0 Å². The van der Waals surface area contributed by atoms with Crippen LogP contribution in [-0.2, 0) is 0 Å². The molecule has 0 heteroatoms. The maximum absolute atomic E-state index is 2.34. The molecular weight excluding hydrogens is 192 g/mol. The van der Waals surface area contributed by atoms with Crippen molar-refractivity contribution in [1.82, 2.24) is 0 Å². The number of rotatable bonds is 4. The third-order valence-corrected chi connectivity index (χ3v) is 2.96. The first-order valence-corrected chi connectivity index (χ1v) is 6.36. The lowest BCUT2D eigenvalue weighted by molar-refractivity contribution is 0.847. The van der Waals surface area contributed by atoms with Gasteiger partial charge in [-0.15, -0.1) is 0 Å². The summed E-state index contributed by atoms with van der Waals surface area (Å²) in [4.78, 5) is 0. The molecule has 0 bridgehead atoms. The highest BCUT2D eigenvalue weighted by molar-refractivity contribution is 5.67. The SMILES string of the molecule is CCC=C(c1ccc(C(C)C)cc1)C(C)C. The Kier molecular flexibility index (Phi) is 4.79. The fourth-order valence-electron chi connectivity index (χ4n) is 1.97. The number of benzene rings is 1. The van der Waals surface area contributed by atoms with Crippen LogP contribution in [-0.4, -0.2) is 0 Å². The van der Waals surface area contributed by atoms with Crippen molar-refractivity contribution < 1.29 is 0 Å². The van der Waals surface area contributed by atoms with E-state index in [9.17, 15) is 0 Å². The van der Waals surface area contributed by atoms with Crippen LogP contribution in [0.1, 0.15) is 58.1 Å². The summed E-state index contributed by atoms with van der Waals surface area (Å²) in [5.41, 5.74) is 4.27. The lowest BCUT2D eigenvalue weighted by Gasteiger charge is -2.13. The quantitative estimate of drug-likeness (QED) is 0.644. The van der Waals surface area contributed by atoms with Gasteiger partial charge in [-0.3, -0.25) is 0 Å². The minimum Gasteiger partial charge on any atom is -0.0807 e. The van der Waals surface area contributed by atoms with Gasteiger partial charge in [-0.05, 0) is 35.0 Å². The maximum atomic E-state index is 2.34. The molecular formula is C16H24. The Morgan fingerprint density at radius 1 is 1.06 bits per heavy atom. The van der Waals surface area contributed by atoms with E-state index < -0.39 is 0 Å². The van der Waals surface area contributed by atoms with Crippen LogP contribution in [0.15, 0.2) is 30.3 Å². The standard InChI is InChI=1S/C16H24/c1-6-7-16(13(4)5)15-10-8-14(9-11-15)12(2)3/h7-13H,6H2,1-5H3. The lowest BCUT2D eigenvalue weighted by Crippen LogP contribution is -1.95. The van der Waals surface area contributed by atoms with E-state index in [1.165, 1.54) is 16.7 Å². The minimum atomic E-state index is 0.602. The number of hydrogen-bond acceptors (Lipinski definition) is 0. The number of hydrogen-bond donors (Lipinski definition) is 0. The van der Waals surface area contributed by atoms with E-state index in [2.05, 4.69) is 65.0 Å². The smallest absolute Gasteiger partial charge is 0.0216 e. The highest BCUT2D eigenvalue weighted by Crippen LogP contribution is 2.25. The molecule has 0 radical (unpaired) electrons. The molecule has 88 valence electrons. The van der Waals surface area contributed by atoms with E-state index in [-0.39, 0.29) is 0 Å². The van der Waals surface area contributed by atoms with Crippen LogP contribution >= 0.6 is 0 Å². The van der Waals surface area contributed by atoms with Crippen molar-refractivity contribution in [2.75, 3.05) is 0 Å². The first-order chi connectivity index (χ1) is 7.56. The van der Waals surface area contributed by atoms with Crippen molar-refractivity contribution >= 4 is 5.57 Å². The molecule has 0 fully saturated rings. The molecule has 0 nitrogen and oxygen atoms in total. The predicted octanol–water partition coefficient (Wildman–Crippen LogP) is 5.26. The zero-order chi connectivity index (χ0) is 12.1. The van der Waals surface area contributed by atoms with Crippen molar-refractivity contribution in [3.8, 4) is 0 Å². The predicted molar refractivity (Wildman–Crippen MR) is 73.6 cm³/mol. The Morgan fingerprint density at radius 3 is 2.00 bits per heavy atom. The van der Waals surface area contributed by atoms with Crippen LogP contribution in [0.25, 0.3) is 5.57 Å². The Morgan fingerprint density at radius 2 is 1.62 bits per heavy atom. The van der Waals surface area contributed by atoms with Gasteiger partial charge in [0, 0.05) is 0 Å². The third kappa shape index (κ3) is 3.23. The Balaban J connectivity index is 2.99. The Bertz CT molecular complexity index is 339. The van der Waals surface area contributed by atoms with Crippen LogP contribution in [0.2, 0.25) is 0 Å². The molecule has 0 aliphatic carbocycles. The van der Waals surface area contributed by atoms with Crippen LogP contribution in [0, 0.1) is 5.92 Å². The molecule has 0 heterocycles. The summed E-state index contributed by atoms with van der Waals surface area (Å²) < 4.78 is 0. The highest BCUT2D eigenvalue weighted by Gasteiger charge is 2.06. The van der Waals surface area contributed by atoms with Gasteiger partial charge in [0.05, 0.1) is 0 Å². The molecule has 0 saturated heterocycles. The molecule has 0 aromatic heterocycles. The maximum Gasteiger partial charge on any atom is -0.0216 e. The zero-order valence-corrected chi connectivity index (χ0v) is 11.2. The molecule has 0 amide bonds. The van der Waals surface area contributed by atoms with Crippen LogP contribution in [0.4, 0.5) is 0 Å². The van der Waals surface area contributed by atoms with E-state index in [1.807, 2.05) is 0 Å². The summed E-state index contributed by atoms with van der Waals surface area (Å²) in [5.74, 6) is 1.22. The molecule has 1 aromatic rings. The summed E-state index contributed by atoms with van der Waals surface area (Å²) in [6.07, 6.45) is 3.45. The monoisotopic (exact) mass is 216 g/mol. The van der Waals surface area contributed by atoms with Crippen LogP contribution in [0.3, 0.4) is 0 Å². The molecule has 0 saturated carbocycles. The average molecular weight is 216 g/mol. The molecule has 16 heavy (non-hydrogen) atoms. The summed E-state index contributed by atoms with van der Waals surface area (Å²) >= 11 is 0. The Labute approximate surface area is 100 Å². The molecule has 0 aliphatic heterocycles. The van der Waals surface area contributed by atoms with Crippen LogP contribution in [0.5, 0.6) is 0 Å². The van der Waals surface area contributed by atoms with Gasteiger partial charge in [-0.1, -0.05) is 65.0 Å². The first kappa shape index (κ1) is 13.0. The van der Waals surface area contributed by atoms with Gasteiger partial charge in [0.15, 0.2) is 0 Å². The number of allylic oxidation sites excluding steroid dienone is 2. The second kappa shape index (κ2) is 5.89. The van der Waals surface area contributed by atoms with Gasteiger partial charge in [0.2, 0.25) is 0 Å². The van der Waals surface area contributed by atoms with Gasteiger partial charge >= 0.3 is 0 Å². The van der Waals surface area contributed by atoms with Gasteiger partial charge in [0.1, 0.15) is 0 Å². The van der Waals surface area contributed by atoms with Crippen molar-refractivity contribution in [2.24, 2.45) is 5.92 Å². The summed E-state index contributed by atoms with van der Waals surface area (Å²) in [6, 6.07) is 9.03. The summed E-state index contributed by atoms with van der Waals surface area (Å²) in [5, 5.41) is 0. The van der Waals surface area contributed by atoms with Crippen molar-refractivity contribution in [1.29, 1.82) is 0 Å². The molecule has 0 spiro atoms. The Hall–Kier alpha value is -1.04. The second-order valence-electron chi connectivity index (χ2n) is 5.00. The molecule has 0 N–H and O–H groups in total. The van der Waals surface area contributed by atoms with Gasteiger partial charge < -0.3 is 0 Å².